The van der Waals surface area contributed by atoms with Gasteiger partial charge in [0.15, 0.2) is 5.96 Å². The zero-order chi connectivity index (χ0) is 18.1. The maximum absolute atomic E-state index is 5.20. The topological polar surface area (TPSA) is 48.9 Å². The second-order valence-electron chi connectivity index (χ2n) is 7.03. The van der Waals surface area contributed by atoms with E-state index in [1.807, 2.05) is 19.2 Å². The molecule has 1 heterocycles. The van der Waals surface area contributed by atoms with Gasteiger partial charge in [-0.05, 0) is 56.0 Å². The maximum atomic E-state index is 5.20. The van der Waals surface area contributed by atoms with Crippen LogP contribution in [0.5, 0.6) is 5.75 Å². The zero-order valence-corrected chi connectivity index (χ0v) is 16.2. The van der Waals surface area contributed by atoms with Gasteiger partial charge in [0, 0.05) is 26.2 Å². The maximum Gasteiger partial charge on any atom is 0.191 e. The van der Waals surface area contributed by atoms with Gasteiger partial charge in [-0.2, -0.15) is 0 Å². The Morgan fingerprint density at radius 3 is 2.40 bits per heavy atom. The minimum Gasteiger partial charge on any atom is -0.497 e. The largest absolute Gasteiger partial charge is 0.497 e. The third-order valence-electron chi connectivity index (χ3n) is 4.95. The Hall–Kier alpha value is -1.75. The lowest BCUT2D eigenvalue weighted by molar-refractivity contribution is 0.192. The van der Waals surface area contributed by atoms with E-state index in [0.717, 1.165) is 31.2 Å². The number of rotatable bonds is 8. The Morgan fingerprint density at radius 2 is 1.84 bits per heavy atom. The number of aliphatic imine (C=N–C) groups is 1. The van der Waals surface area contributed by atoms with Crippen molar-refractivity contribution in [1.82, 2.24) is 15.5 Å². The summed E-state index contributed by atoms with van der Waals surface area (Å²) < 4.78 is 5.20. The molecule has 0 aromatic heterocycles. The fraction of sp³-hybridized carbons (Fsp3) is 0.650. The second-order valence-corrected chi connectivity index (χ2v) is 7.03. The summed E-state index contributed by atoms with van der Waals surface area (Å²) in [6.45, 7) is 8.89. The number of likely N-dealkylation sites (tertiary alicyclic amines) is 1. The molecule has 0 aliphatic carbocycles. The lowest BCUT2D eigenvalue weighted by Crippen LogP contribution is -2.48. The van der Waals surface area contributed by atoms with Crippen LogP contribution in [-0.2, 0) is 6.42 Å². The molecule has 1 atom stereocenters. The molecule has 0 spiro atoms. The van der Waals surface area contributed by atoms with Crippen LogP contribution in [0.3, 0.4) is 0 Å². The first-order valence-electron chi connectivity index (χ1n) is 9.45. The summed E-state index contributed by atoms with van der Waals surface area (Å²) in [5.41, 5.74) is 1.29. The summed E-state index contributed by atoms with van der Waals surface area (Å²) in [4.78, 5) is 6.97. The van der Waals surface area contributed by atoms with E-state index in [1.54, 1.807) is 7.11 Å². The van der Waals surface area contributed by atoms with Gasteiger partial charge in [-0.25, -0.2) is 0 Å². The monoisotopic (exact) mass is 346 g/mol. The van der Waals surface area contributed by atoms with Gasteiger partial charge in [0.05, 0.1) is 7.11 Å². The van der Waals surface area contributed by atoms with Gasteiger partial charge in [0.1, 0.15) is 5.75 Å². The first-order chi connectivity index (χ1) is 12.1. The fourth-order valence-electron chi connectivity index (χ4n) is 3.40. The average molecular weight is 347 g/mol. The number of hydrogen-bond acceptors (Lipinski definition) is 3. The van der Waals surface area contributed by atoms with Gasteiger partial charge in [-0.1, -0.05) is 26.0 Å². The number of benzene rings is 1. The number of ether oxygens (including phenoxy) is 1. The minimum absolute atomic E-state index is 0.572. The first-order valence-corrected chi connectivity index (χ1v) is 9.45. The van der Waals surface area contributed by atoms with Crippen molar-refractivity contribution in [2.75, 3.05) is 40.3 Å². The van der Waals surface area contributed by atoms with E-state index in [-0.39, 0.29) is 0 Å². The standard InChI is InChI=1S/C20H34N4O/c1-16(2)19(24-13-5-6-14-24)15-23-20(21-3)22-12-11-17-7-9-18(25-4)10-8-17/h7-10,16,19H,5-6,11-15H2,1-4H3,(H2,21,22,23). The van der Waals surface area contributed by atoms with Crippen LogP contribution in [0.2, 0.25) is 0 Å². The van der Waals surface area contributed by atoms with Gasteiger partial charge >= 0.3 is 0 Å². The number of nitrogens with one attached hydrogen (secondary N) is 2. The number of methoxy groups -OCH3 is 1. The smallest absolute Gasteiger partial charge is 0.191 e. The first kappa shape index (κ1) is 19.6. The molecule has 1 unspecified atom stereocenters. The van der Waals surface area contributed by atoms with Crippen molar-refractivity contribution in [3.05, 3.63) is 29.8 Å². The summed E-state index contributed by atoms with van der Waals surface area (Å²) in [6.07, 6.45) is 3.63. The molecule has 2 rings (SSSR count). The summed E-state index contributed by atoms with van der Waals surface area (Å²) in [5.74, 6) is 2.43. The van der Waals surface area contributed by atoms with Crippen molar-refractivity contribution in [3.8, 4) is 5.75 Å². The Bertz CT molecular complexity index is 521. The molecule has 0 bridgehead atoms. The van der Waals surface area contributed by atoms with Crippen molar-refractivity contribution >= 4 is 5.96 Å². The molecule has 0 saturated carbocycles. The van der Waals surface area contributed by atoms with E-state index in [9.17, 15) is 0 Å². The lowest BCUT2D eigenvalue weighted by atomic mass is 10.0. The third-order valence-corrected chi connectivity index (χ3v) is 4.95. The molecule has 1 aromatic rings. The number of nitrogens with zero attached hydrogens (tertiary/aromatic N) is 2. The van der Waals surface area contributed by atoms with Crippen LogP contribution in [0.1, 0.15) is 32.3 Å². The highest BCUT2D eigenvalue weighted by Crippen LogP contribution is 2.17. The summed E-state index contributed by atoms with van der Waals surface area (Å²) in [6, 6.07) is 8.80. The highest BCUT2D eigenvalue weighted by atomic mass is 16.5. The second kappa shape index (κ2) is 10.3. The van der Waals surface area contributed by atoms with Gasteiger partial charge in [-0.3, -0.25) is 9.89 Å². The van der Waals surface area contributed by atoms with Crippen molar-refractivity contribution in [3.63, 3.8) is 0 Å². The molecule has 0 amide bonds. The summed E-state index contributed by atoms with van der Waals surface area (Å²) >= 11 is 0. The van der Waals surface area contributed by atoms with Crippen molar-refractivity contribution in [2.24, 2.45) is 10.9 Å². The quantitative estimate of drug-likeness (QED) is 0.561. The predicted molar refractivity (Wildman–Crippen MR) is 105 cm³/mol. The Morgan fingerprint density at radius 1 is 1.16 bits per heavy atom. The molecular weight excluding hydrogens is 312 g/mol. The Labute approximate surface area is 152 Å². The molecule has 1 aliphatic rings. The highest BCUT2D eigenvalue weighted by Gasteiger charge is 2.24. The highest BCUT2D eigenvalue weighted by molar-refractivity contribution is 5.79. The molecule has 140 valence electrons. The van der Waals surface area contributed by atoms with Gasteiger partial charge < -0.3 is 15.4 Å². The molecule has 1 aromatic carbocycles. The molecule has 1 fully saturated rings. The fourth-order valence-corrected chi connectivity index (χ4v) is 3.40. The van der Waals surface area contributed by atoms with Crippen LogP contribution in [-0.4, -0.2) is 57.2 Å². The summed E-state index contributed by atoms with van der Waals surface area (Å²) in [7, 11) is 3.53. The molecule has 5 heteroatoms. The van der Waals surface area contributed by atoms with Crippen LogP contribution < -0.4 is 15.4 Å². The van der Waals surface area contributed by atoms with Crippen LogP contribution in [0.15, 0.2) is 29.3 Å². The van der Waals surface area contributed by atoms with Gasteiger partial charge in [0.2, 0.25) is 0 Å². The molecule has 1 saturated heterocycles. The van der Waals surface area contributed by atoms with E-state index in [1.165, 1.54) is 31.5 Å². The van der Waals surface area contributed by atoms with Crippen LogP contribution in [0.25, 0.3) is 0 Å². The Balaban J connectivity index is 1.75. The molecule has 1 aliphatic heterocycles. The van der Waals surface area contributed by atoms with E-state index in [4.69, 9.17) is 4.74 Å². The molecule has 5 nitrogen and oxygen atoms in total. The van der Waals surface area contributed by atoms with E-state index >= 15 is 0 Å². The van der Waals surface area contributed by atoms with Crippen LogP contribution in [0.4, 0.5) is 0 Å². The number of guanidine groups is 1. The SMILES string of the molecule is CN=C(NCCc1ccc(OC)cc1)NCC(C(C)C)N1CCCC1. The average Bonchev–Trinajstić information content (AvgIpc) is 3.15. The zero-order valence-electron chi connectivity index (χ0n) is 16.2. The van der Waals surface area contributed by atoms with Crippen molar-refractivity contribution < 1.29 is 4.74 Å². The van der Waals surface area contributed by atoms with E-state index in [0.29, 0.717) is 12.0 Å². The van der Waals surface area contributed by atoms with Gasteiger partial charge in [-0.15, -0.1) is 0 Å². The van der Waals surface area contributed by atoms with E-state index in [2.05, 4.69) is 46.5 Å². The van der Waals surface area contributed by atoms with E-state index < -0.39 is 0 Å². The molecule has 25 heavy (non-hydrogen) atoms. The van der Waals surface area contributed by atoms with Crippen molar-refractivity contribution in [2.45, 2.75) is 39.2 Å². The van der Waals surface area contributed by atoms with Crippen LogP contribution in [0, 0.1) is 5.92 Å². The molecular formula is C20H34N4O. The normalized spacial score (nSPS) is 16.9. The van der Waals surface area contributed by atoms with Crippen molar-refractivity contribution in [1.29, 1.82) is 0 Å². The molecule has 2 N–H and O–H groups in total. The third kappa shape index (κ3) is 6.24. The van der Waals surface area contributed by atoms with Gasteiger partial charge in [0.25, 0.3) is 0 Å². The Kier molecular flexibility index (Phi) is 8.06. The predicted octanol–water partition coefficient (Wildman–Crippen LogP) is 2.52. The number of hydrogen-bond donors (Lipinski definition) is 2. The summed E-state index contributed by atoms with van der Waals surface area (Å²) in [5, 5.41) is 6.93. The lowest BCUT2D eigenvalue weighted by Gasteiger charge is -2.31. The minimum atomic E-state index is 0.572. The van der Waals surface area contributed by atoms with Crippen LogP contribution >= 0.6 is 0 Å². The molecule has 0 radical (unpaired) electrons.